The second-order valence-corrected chi connectivity index (χ2v) is 6.09. The van der Waals surface area contributed by atoms with Crippen molar-refractivity contribution in [3.05, 3.63) is 47.8 Å². The van der Waals surface area contributed by atoms with Crippen molar-refractivity contribution in [2.45, 2.75) is 31.8 Å². The molecule has 1 fully saturated rings. The average Bonchev–Trinajstić information content (AvgIpc) is 3.34. The topological polar surface area (TPSA) is 104 Å². The van der Waals surface area contributed by atoms with Crippen LogP contribution < -0.4 is 5.32 Å². The Morgan fingerprint density at radius 2 is 2.08 bits per heavy atom. The minimum absolute atomic E-state index is 0.257. The van der Waals surface area contributed by atoms with Gasteiger partial charge >= 0.3 is 0 Å². The number of hydrogen-bond acceptors (Lipinski definition) is 5. The van der Waals surface area contributed by atoms with Crippen LogP contribution in [-0.2, 0) is 0 Å². The molecule has 3 aromatic rings. The zero-order valence-corrected chi connectivity index (χ0v) is 13.2. The molecule has 122 valence electrons. The van der Waals surface area contributed by atoms with E-state index in [1.807, 2.05) is 0 Å². The fourth-order valence-electron chi connectivity index (χ4n) is 2.52. The number of H-pyrrole nitrogens is 1. The van der Waals surface area contributed by atoms with Crippen LogP contribution in [-0.4, -0.2) is 30.9 Å². The highest BCUT2D eigenvalue weighted by Crippen LogP contribution is 2.37. The molecule has 1 unspecified atom stereocenters. The molecule has 1 aliphatic carbocycles. The number of aromatic amines is 1. The number of imidazole rings is 1. The highest BCUT2D eigenvalue weighted by Gasteiger charge is 2.26. The van der Waals surface area contributed by atoms with E-state index in [1.165, 1.54) is 0 Å². The Balaban J connectivity index is 1.53. The number of fused-ring (bicyclic) bond motifs is 1. The molecular formula is C17H17N5O2. The molecule has 1 saturated carbocycles. The lowest BCUT2D eigenvalue weighted by Crippen LogP contribution is -2.13. The summed E-state index contributed by atoms with van der Waals surface area (Å²) in [6, 6.07) is 5.35. The van der Waals surface area contributed by atoms with E-state index >= 15 is 0 Å². The van der Waals surface area contributed by atoms with Crippen LogP contribution in [0.15, 0.2) is 30.6 Å². The monoisotopic (exact) mass is 323 g/mol. The van der Waals surface area contributed by atoms with E-state index in [4.69, 9.17) is 0 Å². The van der Waals surface area contributed by atoms with Crippen molar-refractivity contribution in [1.29, 1.82) is 0 Å². The quantitative estimate of drug-likeness (QED) is 0.684. The summed E-state index contributed by atoms with van der Waals surface area (Å²) in [7, 11) is 0. The van der Waals surface area contributed by atoms with Gasteiger partial charge in [0.2, 0.25) is 0 Å². The first-order chi connectivity index (χ1) is 11.6. The summed E-state index contributed by atoms with van der Waals surface area (Å²) in [6.07, 6.45) is 4.72. The third kappa shape index (κ3) is 2.85. The number of rotatable bonds is 4. The number of nitrogens with zero attached hydrogens (tertiary/aromatic N) is 3. The zero-order chi connectivity index (χ0) is 16.7. The number of hydrogen-bond donors (Lipinski definition) is 3. The highest BCUT2D eigenvalue weighted by atomic mass is 16.3. The van der Waals surface area contributed by atoms with Gasteiger partial charge in [0.15, 0.2) is 0 Å². The molecule has 0 saturated heterocycles. The van der Waals surface area contributed by atoms with E-state index in [0.29, 0.717) is 23.0 Å². The molecule has 24 heavy (non-hydrogen) atoms. The lowest BCUT2D eigenvalue weighted by atomic mass is 10.2. The predicted octanol–water partition coefficient (Wildman–Crippen LogP) is 2.54. The van der Waals surface area contributed by atoms with E-state index < -0.39 is 6.10 Å². The molecule has 2 aromatic heterocycles. The minimum atomic E-state index is -0.669. The molecule has 3 N–H and O–H groups in total. The Morgan fingerprint density at radius 3 is 2.75 bits per heavy atom. The van der Waals surface area contributed by atoms with Gasteiger partial charge in [-0.05, 0) is 38.0 Å². The maximum Gasteiger partial charge on any atom is 0.258 e. The second kappa shape index (κ2) is 5.68. The Labute approximate surface area is 138 Å². The molecule has 7 heteroatoms. The number of carbonyl (C=O) groups is 1. The number of amides is 1. The molecule has 2 heterocycles. The van der Waals surface area contributed by atoms with Crippen LogP contribution in [0.3, 0.4) is 0 Å². The van der Waals surface area contributed by atoms with Gasteiger partial charge in [-0.25, -0.2) is 15.0 Å². The van der Waals surface area contributed by atoms with Gasteiger partial charge in [0.1, 0.15) is 17.8 Å². The van der Waals surface area contributed by atoms with Crippen LogP contribution >= 0.6 is 0 Å². The zero-order valence-electron chi connectivity index (χ0n) is 13.2. The number of anilines is 1. The van der Waals surface area contributed by atoms with Crippen LogP contribution in [0.4, 0.5) is 5.69 Å². The van der Waals surface area contributed by atoms with Gasteiger partial charge in [0, 0.05) is 24.0 Å². The molecule has 0 bridgehead atoms. The minimum Gasteiger partial charge on any atom is -0.385 e. The second-order valence-electron chi connectivity index (χ2n) is 6.09. The third-order valence-electron chi connectivity index (χ3n) is 4.03. The molecule has 1 amide bonds. The summed E-state index contributed by atoms with van der Waals surface area (Å²) in [5.74, 6) is 1.52. The molecule has 1 aromatic carbocycles. The maximum atomic E-state index is 12.3. The fourth-order valence-corrected chi connectivity index (χ4v) is 2.52. The first-order valence-corrected chi connectivity index (χ1v) is 7.91. The van der Waals surface area contributed by atoms with Crippen molar-refractivity contribution < 1.29 is 9.90 Å². The van der Waals surface area contributed by atoms with Gasteiger partial charge in [-0.2, -0.15) is 0 Å². The Kier molecular flexibility index (Phi) is 3.50. The molecule has 1 aliphatic rings. The van der Waals surface area contributed by atoms with Gasteiger partial charge in [-0.3, -0.25) is 4.79 Å². The lowest BCUT2D eigenvalue weighted by Gasteiger charge is -2.05. The maximum absolute atomic E-state index is 12.3. The standard InChI is InChI=1S/C17H17N5O2/c1-9(23)15-21-13-5-4-12(6-14(13)22-15)20-17(24)11-7-18-16(19-8-11)10-2-3-10/h4-10,23H,2-3H2,1H3,(H,20,24)(H,21,22). The number of carbonyl (C=O) groups excluding carboxylic acids is 1. The lowest BCUT2D eigenvalue weighted by molar-refractivity contribution is 0.102. The van der Waals surface area contributed by atoms with Crippen molar-refractivity contribution in [2.75, 3.05) is 5.32 Å². The van der Waals surface area contributed by atoms with Crippen molar-refractivity contribution in [1.82, 2.24) is 19.9 Å². The Bertz CT molecular complexity index is 897. The van der Waals surface area contributed by atoms with Gasteiger partial charge in [0.25, 0.3) is 5.91 Å². The highest BCUT2D eigenvalue weighted by molar-refractivity contribution is 6.04. The molecule has 0 radical (unpaired) electrons. The number of aromatic nitrogens is 4. The molecule has 7 nitrogen and oxygen atoms in total. The summed E-state index contributed by atoms with van der Waals surface area (Å²) in [5, 5.41) is 12.4. The van der Waals surface area contributed by atoms with Crippen LogP contribution in [0.1, 0.15) is 53.8 Å². The molecular weight excluding hydrogens is 306 g/mol. The summed E-state index contributed by atoms with van der Waals surface area (Å²) < 4.78 is 0. The molecule has 0 aliphatic heterocycles. The van der Waals surface area contributed by atoms with Crippen LogP contribution in [0.5, 0.6) is 0 Å². The summed E-state index contributed by atoms with van der Waals surface area (Å²) in [6.45, 7) is 1.64. The normalized spacial score (nSPS) is 15.4. The van der Waals surface area contributed by atoms with Crippen LogP contribution in [0, 0.1) is 0 Å². The summed E-state index contributed by atoms with van der Waals surface area (Å²) in [5.41, 5.74) is 2.55. The van der Waals surface area contributed by atoms with Crippen molar-refractivity contribution >= 4 is 22.6 Å². The Hall–Kier alpha value is -2.80. The third-order valence-corrected chi connectivity index (χ3v) is 4.03. The molecule has 0 spiro atoms. The van der Waals surface area contributed by atoms with Crippen LogP contribution in [0.2, 0.25) is 0 Å². The van der Waals surface area contributed by atoms with E-state index in [-0.39, 0.29) is 5.91 Å². The number of aliphatic hydroxyl groups is 1. The average molecular weight is 323 g/mol. The summed E-state index contributed by atoms with van der Waals surface area (Å²) in [4.78, 5) is 28.1. The van der Waals surface area contributed by atoms with Crippen molar-refractivity contribution in [2.24, 2.45) is 0 Å². The summed E-state index contributed by atoms with van der Waals surface area (Å²) >= 11 is 0. The van der Waals surface area contributed by atoms with Gasteiger partial charge in [-0.15, -0.1) is 0 Å². The fraction of sp³-hybridized carbons (Fsp3) is 0.294. The Morgan fingerprint density at radius 1 is 1.33 bits per heavy atom. The first kappa shape index (κ1) is 14.8. The van der Waals surface area contributed by atoms with E-state index in [2.05, 4.69) is 25.3 Å². The van der Waals surface area contributed by atoms with E-state index in [0.717, 1.165) is 29.7 Å². The first-order valence-electron chi connectivity index (χ1n) is 7.91. The van der Waals surface area contributed by atoms with Crippen molar-refractivity contribution in [3.63, 3.8) is 0 Å². The van der Waals surface area contributed by atoms with E-state index in [1.54, 1.807) is 37.5 Å². The number of nitrogens with one attached hydrogen (secondary N) is 2. The molecule has 4 rings (SSSR count). The smallest absolute Gasteiger partial charge is 0.258 e. The van der Waals surface area contributed by atoms with Crippen LogP contribution in [0.25, 0.3) is 11.0 Å². The largest absolute Gasteiger partial charge is 0.385 e. The number of benzene rings is 1. The SMILES string of the molecule is CC(O)c1nc2ccc(NC(=O)c3cnc(C4CC4)nc3)cc2[nH]1. The van der Waals surface area contributed by atoms with E-state index in [9.17, 15) is 9.90 Å². The number of aliphatic hydroxyl groups excluding tert-OH is 1. The van der Waals surface area contributed by atoms with Gasteiger partial charge < -0.3 is 15.4 Å². The molecule has 1 atom stereocenters. The van der Waals surface area contributed by atoms with Gasteiger partial charge in [0.05, 0.1) is 16.6 Å². The van der Waals surface area contributed by atoms with Gasteiger partial charge in [-0.1, -0.05) is 0 Å². The van der Waals surface area contributed by atoms with Crippen molar-refractivity contribution in [3.8, 4) is 0 Å². The predicted molar refractivity (Wildman–Crippen MR) is 88.7 cm³/mol.